The van der Waals surface area contributed by atoms with E-state index in [2.05, 4.69) is 43.6 Å². The standard InChI is InChI=1S/C39H56N8O7/c1-3-4-13-40-38-42-27-31-30(26-41-36(31)44-38)29-11-14-46(15-12-29)16-18-52-20-22-54-24-23-53-21-19-51-17-5-6-28-7-8-32-34(25-28)45(2)39(50)47(32)33-9-10-35(48)43-37(33)49/h7-8,25-27,29,33H,3-6,9-24H2,1-2H3,(H,43,48,49)(H2,40,41,42,44)/t33-/m0/s1. The molecular formula is C39H56N8O7. The number of fused-ring (bicyclic) bond motifs is 2. The number of aryl methyl sites for hydroxylation is 2. The number of likely N-dealkylation sites (tertiary alicyclic amines) is 1. The molecule has 0 unspecified atom stereocenters. The number of imidazole rings is 1. The van der Waals surface area contributed by atoms with Gasteiger partial charge in [-0.2, -0.15) is 4.98 Å². The molecule has 2 saturated heterocycles. The molecule has 4 aromatic rings. The van der Waals surface area contributed by atoms with E-state index >= 15 is 0 Å². The van der Waals surface area contributed by atoms with Crippen LogP contribution in [-0.2, 0) is 42.0 Å². The van der Waals surface area contributed by atoms with Gasteiger partial charge in [-0.1, -0.05) is 19.4 Å². The molecule has 54 heavy (non-hydrogen) atoms. The maximum Gasteiger partial charge on any atom is 0.329 e. The predicted octanol–water partition coefficient (Wildman–Crippen LogP) is 3.68. The number of amides is 2. The van der Waals surface area contributed by atoms with Gasteiger partial charge in [0.2, 0.25) is 17.8 Å². The van der Waals surface area contributed by atoms with Crippen LogP contribution in [0.5, 0.6) is 0 Å². The zero-order chi connectivity index (χ0) is 37.7. The number of carbonyl (C=O) groups is 2. The average molecular weight is 749 g/mol. The van der Waals surface area contributed by atoms with Crippen LogP contribution in [0, 0.1) is 0 Å². The summed E-state index contributed by atoms with van der Waals surface area (Å²) in [5.41, 5.74) is 4.52. The van der Waals surface area contributed by atoms with Crippen molar-refractivity contribution in [2.45, 2.75) is 70.3 Å². The number of carbonyl (C=O) groups excluding carboxylic acids is 2. The normalized spacial score (nSPS) is 17.2. The first-order valence-corrected chi connectivity index (χ1v) is 19.6. The van der Waals surface area contributed by atoms with Gasteiger partial charge >= 0.3 is 5.69 Å². The quantitative estimate of drug-likeness (QED) is 0.0793. The lowest BCUT2D eigenvalue weighted by Crippen LogP contribution is -2.44. The van der Waals surface area contributed by atoms with Gasteiger partial charge in [0.05, 0.1) is 57.3 Å². The summed E-state index contributed by atoms with van der Waals surface area (Å²) in [6.07, 6.45) is 10.7. The number of anilines is 1. The van der Waals surface area contributed by atoms with E-state index in [1.165, 1.54) is 10.1 Å². The van der Waals surface area contributed by atoms with Crippen LogP contribution in [0.3, 0.4) is 0 Å². The molecule has 2 amide bonds. The number of hydrogen-bond donors (Lipinski definition) is 3. The Morgan fingerprint density at radius 3 is 2.33 bits per heavy atom. The lowest BCUT2D eigenvalue weighted by Gasteiger charge is -2.31. The molecule has 0 saturated carbocycles. The molecule has 0 radical (unpaired) electrons. The third-order valence-electron chi connectivity index (χ3n) is 10.4. The van der Waals surface area contributed by atoms with Crippen LogP contribution >= 0.6 is 0 Å². The van der Waals surface area contributed by atoms with Crippen LogP contribution in [-0.4, -0.2) is 120 Å². The second-order valence-corrected chi connectivity index (χ2v) is 14.2. The lowest BCUT2D eigenvalue weighted by molar-refractivity contribution is -0.135. The fourth-order valence-corrected chi connectivity index (χ4v) is 7.32. The van der Waals surface area contributed by atoms with Crippen LogP contribution in [0.2, 0.25) is 0 Å². The van der Waals surface area contributed by atoms with E-state index in [1.54, 1.807) is 11.6 Å². The van der Waals surface area contributed by atoms with Crippen molar-refractivity contribution in [3.63, 3.8) is 0 Å². The van der Waals surface area contributed by atoms with Crippen molar-refractivity contribution in [3.05, 3.63) is 52.2 Å². The van der Waals surface area contributed by atoms with E-state index in [0.29, 0.717) is 76.7 Å². The molecule has 5 heterocycles. The molecule has 294 valence electrons. The topological polar surface area (TPSA) is 167 Å². The number of aromatic nitrogens is 5. The van der Waals surface area contributed by atoms with E-state index in [-0.39, 0.29) is 18.0 Å². The van der Waals surface area contributed by atoms with E-state index < -0.39 is 11.9 Å². The largest absolute Gasteiger partial charge is 0.379 e. The summed E-state index contributed by atoms with van der Waals surface area (Å²) in [4.78, 5) is 52.0. The smallest absolute Gasteiger partial charge is 0.329 e. The van der Waals surface area contributed by atoms with Gasteiger partial charge in [0.25, 0.3) is 0 Å². The molecule has 2 fully saturated rings. The number of unbranched alkanes of at least 4 members (excludes halogenated alkanes) is 1. The molecule has 15 heteroatoms. The third kappa shape index (κ3) is 10.3. The van der Waals surface area contributed by atoms with Gasteiger partial charge in [0.1, 0.15) is 11.7 Å². The van der Waals surface area contributed by atoms with Gasteiger partial charge in [0, 0.05) is 50.9 Å². The second-order valence-electron chi connectivity index (χ2n) is 14.2. The Morgan fingerprint density at radius 1 is 0.889 bits per heavy atom. The summed E-state index contributed by atoms with van der Waals surface area (Å²) in [6, 6.07) is 5.17. The first-order chi connectivity index (χ1) is 26.4. The Labute approximate surface area is 316 Å². The minimum atomic E-state index is -0.682. The Bertz CT molecular complexity index is 1880. The first kappa shape index (κ1) is 39.5. The fourth-order valence-electron chi connectivity index (χ4n) is 7.32. The lowest BCUT2D eigenvalue weighted by atomic mass is 9.90. The molecule has 0 aliphatic carbocycles. The molecule has 2 aliphatic heterocycles. The number of H-pyrrole nitrogens is 1. The predicted molar refractivity (Wildman–Crippen MR) is 206 cm³/mol. The molecular weight excluding hydrogens is 692 g/mol. The Kier molecular flexibility index (Phi) is 14.6. The number of imide groups is 1. The number of nitrogens with one attached hydrogen (secondary N) is 3. The van der Waals surface area contributed by atoms with Crippen molar-refractivity contribution in [2.24, 2.45) is 7.05 Å². The Morgan fingerprint density at radius 2 is 1.61 bits per heavy atom. The second kappa shape index (κ2) is 20.0. The molecule has 2 aliphatic rings. The van der Waals surface area contributed by atoms with Crippen molar-refractivity contribution in [1.29, 1.82) is 0 Å². The van der Waals surface area contributed by atoms with E-state index in [4.69, 9.17) is 18.9 Å². The van der Waals surface area contributed by atoms with Gasteiger partial charge in [-0.15, -0.1) is 0 Å². The summed E-state index contributed by atoms with van der Waals surface area (Å²) in [5.74, 6) is 0.478. The van der Waals surface area contributed by atoms with Crippen molar-refractivity contribution in [3.8, 4) is 0 Å². The van der Waals surface area contributed by atoms with Gasteiger partial charge in [0.15, 0.2) is 0 Å². The van der Waals surface area contributed by atoms with Gasteiger partial charge in [-0.3, -0.25) is 24.0 Å². The molecule has 6 rings (SSSR count). The van der Waals surface area contributed by atoms with Crippen molar-refractivity contribution >= 4 is 39.8 Å². The zero-order valence-corrected chi connectivity index (χ0v) is 31.8. The Balaban J connectivity index is 0.753. The van der Waals surface area contributed by atoms with Crippen molar-refractivity contribution in [1.82, 2.24) is 34.3 Å². The minimum absolute atomic E-state index is 0.220. The van der Waals surface area contributed by atoms with E-state index in [1.807, 2.05) is 24.4 Å². The number of rotatable bonds is 22. The van der Waals surface area contributed by atoms with Gasteiger partial charge in [-0.25, -0.2) is 9.78 Å². The highest BCUT2D eigenvalue weighted by molar-refractivity contribution is 6.00. The molecule has 1 aromatic carbocycles. The highest BCUT2D eigenvalue weighted by atomic mass is 16.6. The van der Waals surface area contributed by atoms with Crippen LogP contribution in [0.15, 0.2) is 35.4 Å². The van der Waals surface area contributed by atoms with Crippen LogP contribution in [0.1, 0.15) is 75.0 Å². The summed E-state index contributed by atoms with van der Waals surface area (Å²) >= 11 is 0. The monoisotopic (exact) mass is 748 g/mol. The van der Waals surface area contributed by atoms with Crippen molar-refractivity contribution < 1.29 is 28.5 Å². The first-order valence-electron chi connectivity index (χ1n) is 19.6. The average Bonchev–Trinajstić information content (AvgIpc) is 3.71. The summed E-state index contributed by atoms with van der Waals surface area (Å²) in [7, 11) is 1.70. The molecule has 3 aromatic heterocycles. The highest BCUT2D eigenvalue weighted by Crippen LogP contribution is 2.32. The number of piperidine rings is 2. The summed E-state index contributed by atoms with van der Waals surface area (Å²) in [6.45, 7) is 10.6. The third-order valence-corrected chi connectivity index (χ3v) is 10.4. The van der Waals surface area contributed by atoms with E-state index in [9.17, 15) is 14.4 Å². The zero-order valence-electron chi connectivity index (χ0n) is 31.8. The fraction of sp³-hybridized carbons (Fsp3) is 0.615. The maximum atomic E-state index is 13.0. The molecule has 0 spiro atoms. The van der Waals surface area contributed by atoms with Crippen LogP contribution < -0.4 is 16.3 Å². The number of ether oxygens (including phenoxy) is 4. The molecule has 0 bridgehead atoms. The number of hydrogen-bond acceptors (Lipinski definition) is 11. The van der Waals surface area contributed by atoms with Crippen LogP contribution in [0.25, 0.3) is 22.1 Å². The number of aromatic amines is 1. The highest BCUT2D eigenvalue weighted by Gasteiger charge is 2.31. The maximum absolute atomic E-state index is 13.0. The van der Waals surface area contributed by atoms with E-state index in [0.717, 1.165) is 86.8 Å². The molecule has 15 nitrogen and oxygen atoms in total. The molecule has 1 atom stereocenters. The molecule has 3 N–H and O–H groups in total. The SMILES string of the molecule is CCCCNc1ncc2c(C3CCN(CCOCCOCCOCCOCCCc4ccc5c(c4)n(C)c(=O)n5[C@H]4CCC(=O)NC4=O)CC3)c[nH]c2n1. The Hall–Kier alpha value is -4.15. The summed E-state index contributed by atoms with van der Waals surface area (Å²) in [5, 5.41) is 6.78. The number of nitrogens with zero attached hydrogens (tertiary/aromatic N) is 5. The number of benzene rings is 1. The van der Waals surface area contributed by atoms with Crippen molar-refractivity contribution in [2.75, 3.05) is 84.4 Å². The van der Waals surface area contributed by atoms with Gasteiger partial charge in [-0.05, 0) is 80.8 Å². The minimum Gasteiger partial charge on any atom is -0.379 e. The van der Waals surface area contributed by atoms with Crippen LogP contribution in [0.4, 0.5) is 5.95 Å². The van der Waals surface area contributed by atoms with Gasteiger partial charge < -0.3 is 34.1 Å². The summed E-state index contributed by atoms with van der Waals surface area (Å²) < 4.78 is 25.9.